The molecule has 2 bridgehead atoms. The van der Waals surface area contributed by atoms with Gasteiger partial charge in [0, 0.05) is 18.1 Å². The Kier molecular flexibility index (Phi) is 3.53. The molecule has 2 aliphatic rings. The predicted octanol–water partition coefficient (Wildman–Crippen LogP) is 2.49. The van der Waals surface area contributed by atoms with Gasteiger partial charge in [-0.25, -0.2) is 13.6 Å². The number of rotatable bonds is 1. The molecule has 0 aliphatic carbocycles. The Bertz CT molecular complexity index is 730. The van der Waals surface area contributed by atoms with Gasteiger partial charge in [-0.3, -0.25) is 4.57 Å². The summed E-state index contributed by atoms with van der Waals surface area (Å²) in [6.45, 7) is 0. The van der Waals surface area contributed by atoms with Crippen LogP contribution in [0.5, 0.6) is 0 Å². The van der Waals surface area contributed by atoms with Gasteiger partial charge >= 0.3 is 5.69 Å². The number of nitrogens with zero attached hydrogens (tertiary/aromatic N) is 1. The lowest BCUT2D eigenvalue weighted by atomic mass is 9.99. The molecule has 2 fully saturated rings. The molecule has 2 N–H and O–H groups in total. The monoisotopic (exact) mass is 315 g/mol. The molecule has 2 saturated heterocycles. The van der Waals surface area contributed by atoms with Crippen LogP contribution in [0.4, 0.5) is 8.78 Å². The second kappa shape index (κ2) is 5.10. The third-order valence-corrected chi connectivity index (χ3v) is 4.58. The number of aromatic amines is 1. The minimum absolute atomic E-state index is 0. The average Bonchev–Trinajstić information content (AvgIpc) is 2.94. The quantitative estimate of drug-likeness (QED) is 0.849. The Morgan fingerprint density at radius 3 is 2.48 bits per heavy atom. The van der Waals surface area contributed by atoms with Gasteiger partial charge in [0.25, 0.3) is 0 Å². The van der Waals surface area contributed by atoms with Crippen molar-refractivity contribution in [2.75, 3.05) is 0 Å². The lowest BCUT2D eigenvalue weighted by Crippen LogP contribution is -2.40. The molecule has 0 spiro atoms. The molecule has 2 unspecified atom stereocenters. The molecule has 2 aliphatic heterocycles. The Balaban J connectivity index is 0.00000132. The maximum Gasteiger partial charge on any atom is 0.326 e. The van der Waals surface area contributed by atoms with Crippen molar-refractivity contribution in [3.8, 4) is 0 Å². The molecule has 2 atom stereocenters. The van der Waals surface area contributed by atoms with Crippen molar-refractivity contribution < 1.29 is 8.78 Å². The molecule has 1 aromatic heterocycles. The van der Waals surface area contributed by atoms with Gasteiger partial charge in [0.15, 0.2) is 11.6 Å². The van der Waals surface area contributed by atoms with Crippen LogP contribution in [0.1, 0.15) is 31.7 Å². The van der Waals surface area contributed by atoms with E-state index in [1.807, 2.05) is 0 Å². The van der Waals surface area contributed by atoms with Crippen LogP contribution < -0.4 is 11.0 Å². The summed E-state index contributed by atoms with van der Waals surface area (Å²) in [6.07, 6.45) is 3.77. The molecule has 0 amide bonds. The van der Waals surface area contributed by atoms with E-state index in [1.165, 1.54) is 10.6 Å². The first-order valence-corrected chi connectivity index (χ1v) is 6.98. The first-order valence-electron chi connectivity index (χ1n) is 6.98. The third-order valence-electron chi connectivity index (χ3n) is 4.58. The van der Waals surface area contributed by atoms with Gasteiger partial charge in [-0.05, 0) is 37.8 Å². The highest BCUT2D eigenvalue weighted by Gasteiger charge is 2.35. The number of fused-ring (bicyclic) bond motifs is 3. The van der Waals surface area contributed by atoms with Crippen LogP contribution in [0.25, 0.3) is 11.0 Å². The summed E-state index contributed by atoms with van der Waals surface area (Å²) in [6, 6.07) is 3.16. The van der Waals surface area contributed by atoms with Crippen molar-refractivity contribution in [2.24, 2.45) is 0 Å². The zero-order valence-corrected chi connectivity index (χ0v) is 12.1. The van der Waals surface area contributed by atoms with E-state index in [0.717, 1.165) is 31.7 Å². The molecule has 7 heteroatoms. The normalized spacial score (nSPS) is 27.8. The van der Waals surface area contributed by atoms with Gasteiger partial charge in [-0.1, -0.05) is 0 Å². The summed E-state index contributed by atoms with van der Waals surface area (Å²) >= 11 is 0. The van der Waals surface area contributed by atoms with Gasteiger partial charge in [-0.15, -0.1) is 12.4 Å². The van der Waals surface area contributed by atoms with Gasteiger partial charge in [0.05, 0.1) is 5.52 Å². The Morgan fingerprint density at radius 1 is 1.14 bits per heavy atom. The largest absolute Gasteiger partial charge is 0.326 e. The molecule has 2 aromatic rings. The third kappa shape index (κ3) is 2.17. The van der Waals surface area contributed by atoms with Crippen molar-refractivity contribution in [1.82, 2.24) is 14.9 Å². The van der Waals surface area contributed by atoms with Crippen LogP contribution in [-0.2, 0) is 0 Å². The maximum atomic E-state index is 14.1. The smallest absolute Gasteiger partial charge is 0.311 e. The number of benzene rings is 1. The van der Waals surface area contributed by atoms with E-state index < -0.39 is 11.6 Å². The predicted molar refractivity (Wildman–Crippen MR) is 77.9 cm³/mol. The van der Waals surface area contributed by atoms with Crippen molar-refractivity contribution in [3.05, 3.63) is 34.3 Å². The molecule has 0 saturated carbocycles. The summed E-state index contributed by atoms with van der Waals surface area (Å²) in [5, 5.41) is 3.48. The number of imidazole rings is 1. The molecule has 4 rings (SSSR count). The van der Waals surface area contributed by atoms with Crippen molar-refractivity contribution in [1.29, 1.82) is 0 Å². The molecule has 114 valence electrons. The van der Waals surface area contributed by atoms with E-state index >= 15 is 0 Å². The number of hydrogen-bond donors (Lipinski definition) is 2. The highest BCUT2D eigenvalue weighted by molar-refractivity contribution is 5.85. The van der Waals surface area contributed by atoms with Crippen LogP contribution in [0.15, 0.2) is 16.9 Å². The minimum atomic E-state index is -0.938. The van der Waals surface area contributed by atoms with Crippen LogP contribution in [0.2, 0.25) is 0 Å². The number of H-pyrrole nitrogens is 1. The van der Waals surface area contributed by atoms with E-state index in [0.29, 0.717) is 17.6 Å². The Labute approximate surface area is 125 Å². The summed E-state index contributed by atoms with van der Waals surface area (Å²) in [5.74, 6) is -1.85. The minimum Gasteiger partial charge on any atom is -0.311 e. The summed E-state index contributed by atoms with van der Waals surface area (Å²) in [5.41, 5.74) is 0.0804. The first kappa shape index (κ1) is 14.5. The molecular formula is C14H16ClF2N3O. The van der Waals surface area contributed by atoms with Crippen molar-refractivity contribution in [2.45, 2.75) is 43.8 Å². The van der Waals surface area contributed by atoms with Gasteiger partial charge in [0.2, 0.25) is 0 Å². The van der Waals surface area contributed by atoms with E-state index in [4.69, 9.17) is 0 Å². The fourth-order valence-electron chi connectivity index (χ4n) is 3.74. The lowest BCUT2D eigenvalue weighted by molar-refractivity contribution is 0.297. The van der Waals surface area contributed by atoms with E-state index in [-0.39, 0.29) is 29.7 Å². The van der Waals surface area contributed by atoms with Crippen LogP contribution in [0.3, 0.4) is 0 Å². The van der Waals surface area contributed by atoms with Crippen molar-refractivity contribution >= 4 is 23.4 Å². The number of aromatic nitrogens is 2. The molecular weight excluding hydrogens is 300 g/mol. The molecule has 3 heterocycles. The van der Waals surface area contributed by atoms with Gasteiger partial charge in [-0.2, -0.15) is 0 Å². The molecule has 0 radical (unpaired) electrons. The molecule has 1 aromatic carbocycles. The lowest BCUT2D eigenvalue weighted by Gasteiger charge is -2.29. The van der Waals surface area contributed by atoms with Crippen LogP contribution in [-0.4, -0.2) is 21.6 Å². The fourth-order valence-corrected chi connectivity index (χ4v) is 3.74. The zero-order chi connectivity index (χ0) is 13.9. The summed E-state index contributed by atoms with van der Waals surface area (Å²) < 4.78 is 28.9. The zero-order valence-electron chi connectivity index (χ0n) is 11.2. The van der Waals surface area contributed by atoms with E-state index in [1.54, 1.807) is 0 Å². The number of halogens is 3. The number of piperidine rings is 1. The molecule has 4 nitrogen and oxygen atoms in total. The standard InChI is InChI=1S/C14H15F2N3O.ClH/c15-10-3-4-11-13(12(10)16)19(14(20)18-11)9-5-7-1-2-8(6-9)17-7;/h3-4,7-9,17H,1-2,5-6H2,(H,18,20);1H. The van der Waals surface area contributed by atoms with Crippen LogP contribution in [0, 0.1) is 11.6 Å². The maximum absolute atomic E-state index is 14.1. The number of hydrogen-bond acceptors (Lipinski definition) is 2. The number of nitrogens with one attached hydrogen (secondary N) is 2. The second-order valence-electron chi connectivity index (χ2n) is 5.82. The van der Waals surface area contributed by atoms with E-state index in [9.17, 15) is 13.6 Å². The SMILES string of the molecule is Cl.O=c1[nH]c2ccc(F)c(F)c2n1C1CC2CCC(C1)N2. The second-order valence-corrected chi connectivity index (χ2v) is 5.82. The first-order chi connectivity index (χ1) is 9.63. The Hall–Kier alpha value is -1.40. The topological polar surface area (TPSA) is 49.8 Å². The van der Waals surface area contributed by atoms with E-state index in [2.05, 4.69) is 10.3 Å². The van der Waals surface area contributed by atoms with Gasteiger partial charge < -0.3 is 10.3 Å². The van der Waals surface area contributed by atoms with Crippen LogP contribution >= 0.6 is 12.4 Å². The Morgan fingerprint density at radius 2 is 1.81 bits per heavy atom. The summed E-state index contributed by atoms with van der Waals surface area (Å²) in [7, 11) is 0. The summed E-state index contributed by atoms with van der Waals surface area (Å²) in [4.78, 5) is 14.8. The highest BCUT2D eigenvalue weighted by Crippen LogP contribution is 2.35. The van der Waals surface area contributed by atoms with Gasteiger partial charge in [0.1, 0.15) is 5.52 Å². The fraction of sp³-hybridized carbons (Fsp3) is 0.500. The molecule has 21 heavy (non-hydrogen) atoms. The highest BCUT2D eigenvalue weighted by atomic mass is 35.5. The van der Waals surface area contributed by atoms with Crippen molar-refractivity contribution in [3.63, 3.8) is 0 Å². The average molecular weight is 316 g/mol.